The molecule has 2 rings (SSSR count). The highest BCUT2D eigenvalue weighted by Gasteiger charge is 2.16. The van der Waals surface area contributed by atoms with E-state index in [4.69, 9.17) is 9.47 Å². The maximum absolute atomic E-state index is 5.33. The minimum Gasteiger partial charge on any atom is -0.497 e. The molecule has 1 N–H and O–H groups in total. The van der Waals surface area contributed by atoms with Gasteiger partial charge in [-0.25, -0.2) is 4.98 Å². The van der Waals surface area contributed by atoms with Gasteiger partial charge in [0.1, 0.15) is 23.7 Å². The van der Waals surface area contributed by atoms with Crippen molar-refractivity contribution < 1.29 is 9.47 Å². The summed E-state index contributed by atoms with van der Waals surface area (Å²) in [5.74, 6) is 2.52. The zero-order valence-electron chi connectivity index (χ0n) is 13.0. The van der Waals surface area contributed by atoms with Gasteiger partial charge in [-0.15, -0.1) is 0 Å². The molecule has 0 saturated heterocycles. The molecular formula is C15H22N4O2. The molecule has 1 atom stereocenters. The van der Waals surface area contributed by atoms with Crippen LogP contribution in [0.15, 0.2) is 24.5 Å². The van der Waals surface area contributed by atoms with Crippen LogP contribution in [0.2, 0.25) is 0 Å². The van der Waals surface area contributed by atoms with E-state index in [2.05, 4.69) is 22.3 Å². The summed E-state index contributed by atoms with van der Waals surface area (Å²) in [5, 5.41) is 7.53. The minimum atomic E-state index is 0.114. The molecule has 2 aromatic rings. The predicted octanol–water partition coefficient (Wildman–Crippen LogP) is 1.82. The van der Waals surface area contributed by atoms with Crippen LogP contribution in [-0.2, 0) is 13.0 Å². The molecule has 6 nitrogen and oxygen atoms in total. The molecule has 114 valence electrons. The lowest BCUT2D eigenvalue weighted by Gasteiger charge is -2.18. The fourth-order valence-electron chi connectivity index (χ4n) is 2.31. The van der Waals surface area contributed by atoms with Crippen molar-refractivity contribution in [2.75, 3.05) is 21.3 Å². The van der Waals surface area contributed by atoms with Crippen LogP contribution in [0.3, 0.4) is 0 Å². The van der Waals surface area contributed by atoms with Gasteiger partial charge in [0.05, 0.1) is 14.2 Å². The first-order chi connectivity index (χ1) is 10.2. The highest BCUT2D eigenvalue weighted by atomic mass is 16.5. The number of nitrogens with one attached hydrogen (secondary N) is 1. The van der Waals surface area contributed by atoms with E-state index in [0.29, 0.717) is 0 Å². The van der Waals surface area contributed by atoms with Crippen LogP contribution in [-0.4, -0.2) is 36.0 Å². The van der Waals surface area contributed by atoms with Crippen LogP contribution in [0.4, 0.5) is 0 Å². The summed E-state index contributed by atoms with van der Waals surface area (Å²) in [7, 11) is 5.24. The number of methoxy groups -OCH3 is 2. The van der Waals surface area contributed by atoms with Gasteiger partial charge < -0.3 is 14.8 Å². The Morgan fingerprint density at radius 2 is 1.86 bits per heavy atom. The highest BCUT2D eigenvalue weighted by Crippen LogP contribution is 2.27. The van der Waals surface area contributed by atoms with E-state index in [0.717, 1.165) is 35.9 Å². The number of aromatic nitrogens is 3. The molecule has 0 aliphatic heterocycles. The Kier molecular flexibility index (Phi) is 5.16. The van der Waals surface area contributed by atoms with Gasteiger partial charge in [-0.05, 0) is 31.7 Å². The van der Waals surface area contributed by atoms with Gasteiger partial charge in [0.2, 0.25) is 0 Å². The number of rotatable bonds is 7. The molecule has 1 aromatic heterocycles. The fraction of sp³-hybridized carbons (Fsp3) is 0.467. The number of likely N-dealkylation sites (N-methyl/N-ethyl adjacent to an activating group) is 1. The Morgan fingerprint density at radius 1 is 1.19 bits per heavy atom. The highest BCUT2D eigenvalue weighted by molar-refractivity contribution is 5.40. The number of hydrogen-bond acceptors (Lipinski definition) is 5. The lowest BCUT2D eigenvalue weighted by molar-refractivity contribution is 0.391. The monoisotopic (exact) mass is 290 g/mol. The third-order valence-corrected chi connectivity index (χ3v) is 3.51. The third-order valence-electron chi connectivity index (χ3n) is 3.51. The fourth-order valence-corrected chi connectivity index (χ4v) is 2.31. The average Bonchev–Trinajstić information content (AvgIpc) is 2.99. The summed E-state index contributed by atoms with van der Waals surface area (Å²) >= 11 is 0. The Bertz CT molecular complexity index is 561. The number of aryl methyl sites for hydroxylation is 1. The number of ether oxygens (including phenoxy) is 2. The quantitative estimate of drug-likeness (QED) is 0.843. The summed E-state index contributed by atoms with van der Waals surface area (Å²) in [5.41, 5.74) is 1.10. The lowest BCUT2D eigenvalue weighted by Crippen LogP contribution is -2.21. The van der Waals surface area contributed by atoms with Gasteiger partial charge in [0, 0.05) is 25.1 Å². The molecule has 21 heavy (non-hydrogen) atoms. The zero-order valence-corrected chi connectivity index (χ0v) is 13.0. The van der Waals surface area contributed by atoms with Crippen molar-refractivity contribution >= 4 is 0 Å². The lowest BCUT2D eigenvalue weighted by atomic mass is 10.0. The van der Waals surface area contributed by atoms with Crippen molar-refractivity contribution in [2.24, 2.45) is 0 Å². The van der Waals surface area contributed by atoms with Crippen molar-refractivity contribution in [1.29, 1.82) is 0 Å². The SMILES string of the molecule is CCn1ncnc1CC(NC)c1cc(OC)cc(OC)c1. The number of benzene rings is 1. The minimum absolute atomic E-state index is 0.114. The van der Waals surface area contributed by atoms with Gasteiger partial charge in [-0.2, -0.15) is 5.10 Å². The summed E-state index contributed by atoms with van der Waals surface area (Å²) in [6, 6.07) is 6.00. The van der Waals surface area contributed by atoms with Gasteiger partial charge in [0.25, 0.3) is 0 Å². The molecule has 0 aliphatic carbocycles. The predicted molar refractivity (Wildman–Crippen MR) is 80.7 cm³/mol. The van der Waals surface area contributed by atoms with E-state index in [1.165, 1.54) is 0 Å². The first-order valence-corrected chi connectivity index (χ1v) is 6.98. The maximum Gasteiger partial charge on any atom is 0.138 e. The van der Waals surface area contributed by atoms with E-state index in [1.54, 1.807) is 20.5 Å². The molecule has 0 saturated carbocycles. The van der Waals surface area contributed by atoms with Crippen molar-refractivity contribution in [1.82, 2.24) is 20.1 Å². The van der Waals surface area contributed by atoms with Gasteiger partial charge >= 0.3 is 0 Å². The Morgan fingerprint density at radius 3 is 2.38 bits per heavy atom. The van der Waals surface area contributed by atoms with Crippen LogP contribution in [0.5, 0.6) is 11.5 Å². The average molecular weight is 290 g/mol. The normalized spacial score (nSPS) is 12.2. The first-order valence-electron chi connectivity index (χ1n) is 6.98. The molecule has 6 heteroatoms. The second-order valence-electron chi connectivity index (χ2n) is 4.68. The van der Waals surface area contributed by atoms with Crippen LogP contribution in [0, 0.1) is 0 Å². The van der Waals surface area contributed by atoms with Gasteiger partial charge in [0.15, 0.2) is 0 Å². The standard InChI is InChI=1S/C15H22N4O2/c1-5-19-15(17-10-18-19)9-14(16-2)11-6-12(20-3)8-13(7-11)21-4/h6-8,10,14,16H,5,9H2,1-4H3. The number of nitrogens with zero attached hydrogens (tertiary/aromatic N) is 3. The van der Waals surface area contributed by atoms with Crippen molar-refractivity contribution in [2.45, 2.75) is 25.9 Å². The van der Waals surface area contributed by atoms with Crippen LogP contribution in [0.1, 0.15) is 24.4 Å². The molecule has 1 aromatic carbocycles. The van der Waals surface area contributed by atoms with Crippen LogP contribution in [0.25, 0.3) is 0 Å². The molecule has 0 amide bonds. The Hall–Kier alpha value is -2.08. The van der Waals surface area contributed by atoms with Crippen molar-refractivity contribution in [3.05, 3.63) is 35.9 Å². The topological polar surface area (TPSA) is 61.2 Å². The smallest absolute Gasteiger partial charge is 0.138 e. The molecule has 1 unspecified atom stereocenters. The number of hydrogen-bond donors (Lipinski definition) is 1. The molecule has 0 bridgehead atoms. The second-order valence-corrected chi connectivity index (χ2v) is 4.68. The molecule has 0 aliphatic rings. The van der Waals surface area contributed by atoms with Gasteiger partial charge in [-0.1, -0.05) is 0 Å². The zero-order chi connectivity index (χ0) is 15.2. The summed E-state index contributed by atoms with van der Waals surface area (Å²) in [6.07, 6.45) is 2.35. The molecule has 0 radical (unpaired) electrons. The van der Waals surface area contributed by atoms with E-state index < -0.39 is 0 Å². The van der Waals surface area contributed by atoms with E-state index in [9.17, 15) is 0 Å². The summed E-state index contributed by atoms with van der Waals surface area (Å²) < 4.78 is 12.6. The largest absolute Gasteiger partial charge is 0.497 e. The molecule has 0 fully saturated rings. The van der Waals surface area contributed by atoms with Crippen molar-refractivity contribution in [3.63, 3.8) is 0 Å². The van der Waals surface area contributed by atoms with E-state index in [1.807, 2.05) is 29.9 Å². The van der Waals surface area contributed by atoms with Crippen LogP contribution >= 0.6 is 0 Å². The van der Waals surface area contributed by atoms with E-state index >= 15 is 0 Å². The molecular weight excluding hydrogens is 268 g/mol. The molecule has 0 spiro atoms. The molecule has 1 heterocycles. The third kappa shape index (κ3) is 3.52. The van der Waals surface area contributed by atoms with Crippen LogP contribution < -0.4 is 14.8 Å². The first kappa shape index (κ1) is 15.3. The Labute approximate surface area is 125 Å². The van der Waals surface area contributed by atoms with Crippen molar-refractivity contribution in [3.8, 4) is 11.5 Å². The summed E-state index contributed by atoms with van der Waals surface area (Å²) in [6.45, 7) is 2.87. The second kappa shape index (κ2) is 7.08. The van der Waals surface area contributed by atoms with Gasteiger partial charge in [-0.3, -0.25) is 4.68 Å². The Balaban J connectivity index is 2.28. The summed E-state index contributed by atoms with van der Waals surface area (Å²) in [4.78, 5) is 4.33. The van der Waals surface area contributed by atoms with E-state index in [-0.39, 0.29) is 6.04 Å². The maximum atomic E-state index is 5.33.